The van der Waals surface area contributed by atoms with E-state index in [-0.39, 0.29) is 29.9 Å². The molecule has 0 spiro atoms. The molecule has 0 unspecified atom stereocenters. The third-order valence-corrected chi connectivity index (χ3v) is 3.20. The second kappa shape index (κ2) is 9.84. The van der Waals surface area contributed by atoms with E-state index in [0.29, 0.717) is 25.0 Å². The van der Waals surface area contributed by atoms with Crippen LogP contribution >= 0.6 is 24.0 Å². The number of aliphatic imine (C=N–C) groups is 1. The fourth-order valence-corrected chi connectivity index (χ4v) is 1.82. The van der Waals surface area contributed by atoms with Gasteiger partial charge in [-0.1, -0.05) is 0 Å². The van der Waals surface area contributed by atoms with Crippen LogP contribution in [0.3, 0.4) is 0 Å². The Morgan fingerprint density at radius 2 is 2.04 bits per heavy atom. The van der Waals surface area contributed by atoms with E-state index >= 15 is 0 Å². The van der Waals surface area contributed by atoms with Crippen molar-refractivity contribution in [3.05, 3.63) is 18.0 Å². The maximum atomic E-state index is 12.5. The first-order chi connectivity index (χ1) is 11.0. The van der Waals surface area contributed by atoms with Crippen LogP contribution in [0.1, 0.15) is 25.5 Å². The summed E-state index contributed by atoms with van der Waals surface area (Å²) in [6.45, 7) is 4.41. The van der Waals surface area contributed by atoms with Gasteiger partial charge in [-0.25, -0.2) is 9.97 Å². The maximum Gasteiger partial charge on any atom is 0.433 e. The van der Waals surface area contributed by atoms with Crippen molar-refractivity contribution in [2.45, 2.75) is 25.9 Å². The number of nitrogens with zero attached hydrogens (tertiary/aromatic N) is 3. The molecule has 3 N–H and O–H groups in total. The predicted molar refractivity (Wildman–Crippen MR) is 97.6 cm³/mol. The molecular formula is C14H22F3IN6. The summed E-state index contributed by atoms with van der Waals surface area (Å²) in [7, 11) is 0. The molecular weight excluding hydrogens is 436 g/mol. The Morgan fingerprint density at radius 1 is 1.29 bits per heavy atom. The first-order valence-electron chi connectivity index (χ1n) is 7.65. The highest BCUT2D eigenvalue weighted by molar-refractivity contribution is 14.0. The largest absolute Gasteiger partial charge is 0.433 e. The van der Waals surface area contributed by atoms with Crippen LogP contribution in [-0.4, -0.2) is 42.1 Å². The van der Waals surface area contributed by atoms with E-state index in [1.165, 1.54) is 12.8 Å². The molecule has 1 fully saturated rings. The summed E-state index contributed by atoms with van der Waals surface area (Å²) in [5.41, 5.74) is -0.956. The van der Waals surface area contributed by atoms with E-state index in [0.717, 1.165) is 25.4 Å². The molecule has 0 amide bonds. The van der Waals surface area contributed by atoms with Crippen LogP contribution in [0.25, 0.3) is 0 Å². The van der Waals surface area contributed by atoms with Gasteiger partial charge in [0.15, 0.2) is 5.96 Å². The topological polar surface area (TPSA) is 74.2 Å². The number of halogens is 4. The van der Waals surface area contributed by atoms with E-state index in [9.17, 15) is 13.2 Å². The molecule has 0 bridgehead atoms. The lowest BCUT2D eigenvalue weighted by Crippen LogP contribution is -2.39. The number of aromatic nitrogens is 2. The molecule has 0 saturated heterocycles. The number of rotatable bonds is 7. The summed E-state index contributed by atoms with van der Waals surface area (Å²) in [6, 6.07) is 0.844. The van der Waals surface area contributed by atoms with E-state index < -0.39 is 11.9 Å². The molecule has 1 aliphatic carbocycles. The summed E-state index contributed by atoms with van der Waals surface area (Å²) in [4.78, 5) is 11.7. The van der Waals surface area contributed by atoms with Gasteiger partial charge >= 0.3 is 6.18 Å². The normalized spacial score (nSPS) is 14.8. The van der Waals surface area contributed by atoms with Crippen LogP contribution in [0.4, 0.5) is 19.1 Å². The van der Waals surface area contributed by atoms with Gasteiger partial charge in [-0.2, -0.15) is 13.2 Å². The zero-order valence-electron chi connectivity index (χ0n) is 13.4. The van der Waals surface area contributed by atoms with Crippen molar-refractivity contribution in [3.8, 4) is 0 Å². The van der Waals surface area contributed by atoms with E-state index in [1.54, 1.807) is 0 Å². The molecule has 1 saturated carbocycles. The molecule has 0 atom stereocenters. The van der Waals surface area contributed by atoms with Crippen LogP contribution in [0.5, 0.6) is 0 Å². The maximum absolute atomic E-state index is 12.5. The van der Waals surface area contributed by atoms with Gasteiger partial charge in [-0.05, 0) is 31.7 Å². The smallest absolute Gasteiger partial charge is 0.357 e. The van der Waals surface area contributed by atoms with Gasteiger partial charge in [0.1, 0.15) is 5.69 Å². The van der Waals surface area contributed by atoms with Gasteiger partial charge in [-0.3, -0.25) is 4.99 Å². The molecule has 136 valence electrons. The number of hydrogen-bond donors (Lipinski definition) is 3. The Labute approximate surface area is 156 Å². The van der Waals surface area contributed by atoms with Crippen LogP contribution in [0.15, 0.2) is 17.3 Å². The molecule has 1 aromatic rings. The Hall–Kier alpha value is -1.33. The number of nitrogens with one attached hydrogen (secondary N) is 3. The molecule has 1 aliphatic rings. The highest BCUT2D eigenvalue weighted by atomic mass is 127. The first-order valence-corrected chi connectivity index (χ1v) is 7.65. The fraction of sp³-hybridized carbons (Fsp3) is 0.643. The fourth-order valence-electron chi connectivity index (χ4n) is 1.82. The summed E-state index contributed by atoms with van der Waals surface area (Å²) in [5.74, 6) is 1.37. The Morgan fingerprint density at radius 3 is 2.67 bits per heavy atom. The highest BCUT2D eigenvalue weighted by Crippen LogP contribution is 2.28. The molecule has 6 nitrogen and oxygen atoms in total. The van der Waals surface area contributed by atoms with Crippen molar-refractivity contribution in [2.75, 3.05) is 31.5 Å². The zero-order valence-corrected chi connectivity index (χ0v) is 15.7. The van der Waals surface area contributed by atoms with Gasteiger partial charge in [0.25, 0.3) is 0 Å². The number of guanidine groups is 1. The summed E-state index contributed by atoms with van der Waals surface area (Å²) in [5, 5.41) is 9.01. The summed E-state index contributed by atoms with van der Waals surface area (Å²) < 4.78 is 37.6. The van der Waals surface area contributed by atoms with Crippen LogP contribution in [-0.2, 0) is 6.18 Å². The minimum absolute atomic E-state index is 0. The lowest BCUT2D eigenvalue weighted by molar-refractivity contribution is -0.141. The third kappa shape index (κ3) is 7.49. The van der Waals surface area contributed by atoms with Crippen molar-refractivity contribution in [1.29, 1.82) is 0 Å². The second-order valence-corrected chi connectivity index (χ2v) is 5.28. The lowest BCUT2D eigenvalue weighted by Gasteiger charge is -2.12. The predicted octanol–water partition coefficient (Wildman–Crippen LogP) is 2.49. The summed E-state index contributed by atoms with van der Waals surface area (Å²) in [6.07, 6.45) is -0.910. The van der Waals surface area contributed by atoms with Crippen molar-refractivity contribution >= 4 is 35.9 Å². The van der Waals surface area contributed by atoms with E-state index in [1.807, 2.05) is 6.92 Å². The number of hydrogen-bond acceptors (Lipinski definition) is 4. The molecule has 0 aliphatic heterocycles. The van der Waals surface area contributed by atoms with E-state index in [2.05, 4.69) is 30.9 Å². The van der Waals surface area contributed by atoms with Crippen LogP contribution < -0.4 is 16.0 Å². The average Bonchev–Trinajstić information content (AvgIpc) is 3.33. The Balaban J connectivity index is 0.00000288. The van der Waals surface area contributed by atoms with Crippen LogP contribution in [0.2, 0.25) is 0 Å². The van der Waals surface area contributed by atoms with Crippen molar-refractivity contribution in [1.82, 2.24) is 20.6 Å². The van der Waals surface area contributed by atoms with Gasteiger partial charge < -0.3 is 16.0 Å². The van der Waals surface area contributed by atoms with Crippen LogP contribution in [0, 0.1) is 5.92 Å². The minimum atomic E-state index is -4.47. The zero-order chi connectivity index (χ0) is 16.7. The SMILES string of the molecule is CCNC(=NCC1CC1)NCCNc1nccc(C(F)(F)F)n1.I. The molecule has 1 aromatic heterocycles. The van der Waals surface area contributed by atoms with Gasteiger partial charge in [0.2, 0.25) is 5.95 Å². The molecule has 0 radical (unpaired) electrons. The first kappa shape index (κ1) is 20.7. The standard InChI is InChI=1S/C14H21F3N6.HI/c1-2-18-12(22-9-10-3-4-10)20-7-8-21-13-19-6-5-11(23-13)14(15,16)17;/h5-6,10H,2-4,7-9H2,1H3,(H2,18,20,22)(H,19,21,23);1H. The molecule has 10 heteroatoms. The highest BCUT2D eigenvalue weighted by Gasteiger charge is 2.32. The van der Waals surface area contributed by atoms with Crippen molar-refractivity contribution in [3.63, 3.8) is 0 Å². The number of alkyl halides is 3. The quantitative estimate of drug-likeness (QED) is 0.254. The summed E-state index contributed by atoms with van der Waals surface area (Å²) >= 11 is 0. The van der Waals surface area contributed by atoms with Gasteiger partial charge in [0, 0.05) is 32.4 Å². The van der Waals surface area contributed by atoms with Crippen molar-refractivity contribution < 1.29 is 13.2 Å². The Kier molecular flexibility index (Phi) is 8.50. The molecule has 0 aromatic carbocycles. The Bertz CT molecular complexity index is 533. The van der Waals surface area contributed by atoms with Gasteiger partial charge in [0.05, 0.1) is 0 Å². The monoisotopic (exact) mass is 458 g/mol. The second-order valence-electron chi connectivity index (χ2n) is 5.28. The van der Waals surface area contributed by atoms with Crippen molar-refractivity contribution in [2.24, 2.45) is 10.9 Å². The lowest BCUT2D eigenvalue weighted by atomic mass is 10.4. The minimum Gasteiger partial charge on any atom is -0.357 e. The number of anilines is 1. The molecule has 24 heavy (non-hydrogen) atoms. The molecule has 1 heterocycles. The average molecular weight is 458 g/mol. The van der Waals surface area contributed by atoms with E-state index in [4.69, 9.17) is 0 Å². The van der Waals surface area contributed by atoms with Gasteiger partial charge in [-0.15, -0.1) is 24.0 Å². The third-order valence-electron chi connectivity index (χ3n) is 3.20. The molecule has 2 rings (SSSR count).